The lowest BCUT2D eigenvalue weighted by atomic mass is 9.95. The summed E-state index contributed by atoms with van der Waals surface area (Å²) in [6.45, 7) is 0. The van der Waals surface area contributed by atoms with Crippen molar-refractivity contribution in [2.75, 3.05) is 4.90 Å². The fraction of sp³-hybridized carbons (Fsp3) is 0. The van der Waals surface area contributed by atoms with Crippen LogP contribution in [0.5, 0.6) is 0 Å². The first-order valence-electron chi connectivity index (χ1n) is 20.9. The first kappa shape index (κ1) is 34.9. The summed E-state index contributed by atoms with van der Waals surface area (Å²) in [6, 6.07) is 85.9. The molecule has 0 fully saturated rings. The number of fused-ring (bicyclic) bond motifs is 7. The molecule has 0 bridgehead atoms. The Kier molecular flexibility index (Phi) is 8.17. The number of hydrogen-bond acceptors (Lipinski definition) is 1. The van der Waals surface area contributed by atoms with Crippen molar-refractivity contribution < 1.29 is 0 Å². The maximum Gasteiger partial charge on any atom is 0.0619 e. The van der Waals surface area contributed by atoms with Crippen LogP contribution in [-0.2, 0) is 0 Å². The summed E-state index contributed by atoms with van der Waals surface area (Å²) < 4.78 is 4.83. The standard InChI is InChI=1S/C58H39N3/c1-3-18-44(19-4-1)59(54-29-15-17-41-16-7-8-22-48(41)54)46-34-30-40(31-35-46)43-38-52(58-53(39-43)51-25-11-14-28-57(51)61(58)45-20-5-2-6-21-45)42-32-36-47(37-33-42)60-55-26-12-9-23-49(55)50-24-10-13-27-56(50)60/h1-39H. The molecule has 0 amide bonds. The second-order valence-electron chi connectivity index (χ2n) is 15.7. The van der Waals surface area contributed by atoms with E-state index in [1.807, 2.05) is 0 Å². The van der Waals surface area contributed by atoms with E-state index in [4.69, 9.17) is 0 Å². The topological polar surface area (TPSA) is 13.1 Å². The van der Waals surface area contributed by atoms with Crippen LogP contribution in [0, 0.1) is 0 Å². The Labute approximate surface area is 354 Å². The number of anilines is 3. The Balaban J connectivity index is 1.04. The van der Waals surface area contributed by atoms with Crippen LogP contribution in [0.2, 0.25) is 0 Å². The highest BCUT2D eigenvalue weighted by atomic mass is 15.1. The van der Waals surface area contributed by atoms with Gasteiger partial charge in [-0.05, 0) is 107 Å². The number of hydrogen-bond donors (Lipinski definition) is 0. The second kappa shape index (κ2) is 14.3. The van der Waals surface area contributed by atoms with Gasteiger partial charge in [-0.1, -0.05) is 152 Å². The van der Waals surface area contributed by atoms with Gasteiger partial charge in [0, 0.05) is 55.2 Å². The zero-order valence-corrected chi connectivity index (χ0v) is 33.4. The van der Waals surface area contributed by atoms with Crippen molar-refractivity contribution in [3.05, 3.63) is 237 Å². The van der Waals surface area contributed by atoms with Crippen molar-refractivity contribution in [2.24, 2.45) is 0 Å². The van der Waals surface area contributed by atoms with Crippen LogP contribution in [0.25, 0.3) is 88.0 Å². The summed E-state index contributed by atoms with van der Waals surface area (Å²) in [5.41, 5.74) is 15.2. The Bertz CT molecular complexity index is 3500. The van der Waals surface area contributed by atoms with Gasteiger partial charge in [0.05, 0.1) is 27.8 Å². The molecule has 0 unspecified atom stereocenters. The number of aromatic nitrogens is 2. The molecule has 0 saturated heterocycles. The van der Waals surface area contributed by atoms with Crippen molar-refractivity contribution in [3.63, 3.8) is 0 Å². The van der Waals surface area contributed by atoms with Gasteiger partial charge in [-0.3, -0.25) is 0 Å². The Hall–Kier alpha value is -8.14. The van der Waals surface area contributed by atoms with Gasteiger partial charge in [0.25, 0.3) is 0 Å². The van der Waals surface area contributed by atoms with Crippen molar-refractivity contribution in [1.29, 1.82) is 0 Å². The van der Waals surface area contributed by atoms with E-state index >= 15 is 0 Å². The van der Waals surface area contributed by atoms with Crippen LogP contribution in [0.15, 0.2) is 237 Å². The molecule has 12 rings (SSSR count). The minimum Gasteiger partial charge on any atom is -0.310 e. The molecule has 0 aliphatic rings. The molecule has 0 spiro atoms. The number of rotatable bonds is 7. The third-order valence-corrected chi connectivity index (χ3v) is 12.3. The van der Waals surface area contributed by atoms with Gasteiger partial charge in [0.15, 0.2) is 0 Å². The predicted molar refractivity (Wildman–Crippen MR) is 258 cm³/mol. The highest BCUT2D eigenvalue weighted by Crippen LogP contribution is 2.44. The molecule has 0 saturated carbocycles. The molecule has 2 aromatic heterocycles. The van der Waals surface area contributed by atoms with Crippen LogP contribution in [-0.4, -0.2) is 9.13 Å². The van der Waals surface area contributed by atoms with Crippen LogP contribution < -0.4 is 4.90 Å². The molecule has 3 nitrogen and oxygen atoms in total. The first-order chi connectivity index (χ1) is 30.3. The van der Waals surface area contributed by atoms with Gasteiger partial charge in [-0.25, -0.2) is 0 Å². The summed E-state index contributed by atoms with van der Waals surface area (Å²) in [5.74, 6) is 0. The summed E-state index contributed by atoms with van der Waals surface area (Å²) in [7, 11) is 0. The Morgan fingerprint density at radius 2 is 0.787 bits per heavy atom. The maximum atomic E-state index is 2.44. The van der Waals surface area contributed by atoms with E-state index in [0.717, 1.165) is 34.0 Å². The first-order valence-corrected chi connectivity index (χ1v) is 20.9. The molecule has 0 aliphatic carbocycles. The molecule has 2 heterocycles. The van der Waals surface area contributed by atoms with Gasteiger partial charge >= 0.3 is 0 Å². The molecule has 0 aliphatic heterocycles. The molecule has 10 aromatic carbocycles. The minimum atomic E-state index is 1.11. The average molecular weight is 778 g/mol. The largest absolute Gasteiger partial charge is 0.310 e. The molecule has 0 atom stereocenters. The molecular formula is C58H39N3. The maximum absolute atomic E-state index is 2.44. The van der Waals surface area contributed by atoms with Crippen molar-refractivity contribution in [3.8, 4) is 33.6 Å². The predicted octanol–water partition coefficient (Wildman–Crippen LogP) is 15.8. The van der Waals surface area contributed by atoms with Crippen LogP contribution in [0.4, 0.5) is 17.1 Å². The average Bonchev–Trinajstić information content (AvgIpc) is 3.85. The fourth-order valence-electron chi connectivity index (χ4n) is 9.53. The number of nitrogens with zero attached hydrogens (tertiary/aromatic N) is 3. The lowest BCUT2D eigenvalue weighted by molar-refractivity contribution is 1.17. The molecule has 61 heavy (non-hydrogen) atoms. The molecule has 286 valence electrons. The van der Waals surface area contributed by atoms with Gasteiger partial charge < -0.3 is 14.0 Å². The van der Waals surface area contributed by atoms with Crippen LogP contribution >= 0.6 is 0 Å². The third-order valence-electron chi connectivity index (χ3n) is 12.3. The second-order valence-corrected chi connectivity index (χ2v) is 15.7. The quantitative estimate of drug-likeness (QED) is 0.157. The highest BCUT2D eigenvalue weighted by Gasteiger charge is 2.20. The molecule has 0 radical (unpaired) electrons. The molecule has 12 aromatic rings. The zero-order valence-electron chi connectivity index (χ0n) is 33.4. The SMILES string of the molecule is c1ccc(N(c2ccc(-c3cc(-c4ccc(-n5c6ccccc6c6ccccc65)cc4)c4c(c3)c3ccccc3n4-c3ccccc3)cc2)c2cccc3ccccc23)cc1. The van der Waals surface area contributed by atoms with E-state index in [2.05, 4.69) is 251 Å². The van der Waals surface area contributed by atoms with E-state index < -0.39 is 0 Å². The molecular weight excluding hydrogens is 739 g/mol. The zero-order chi connectivity index (χ0) is 40.3. The monoisotopic (exact) mass is 777 g/mol. The van der Waals surface area contributed by atoms with E-state index in [0.29, 0.717) is 0 Å². The molecule has 3 heteroatoms. The van der Waals surface area contributed by atoms with E-state index in [-0.39, 0.29) is 0 Å². The number of para-hydroxylation sites is 5. The summed E-state index contributed by atoms with van der Waals surface area (Å²) in [4.78, 5) is 2.37. The minimum absolute atomic E-state index is 1.11. The smallest absolute Gasteiger partial charge is 0.0619 e. The summed E-state index contributed by atoms with van der Waals surface area (Å²) in [5, 5.41) is 7.42. The summed E-state index contributed by atoms with van der Waals surface area (Å²) >= 11 is 0. The normalized spacial score (nSPS) is 11.6. The highest BCUT2D eigenvalue weighted by molar-refractivity contribution is 6.15. The summed E-state index contributed by atoms with van der Waals surface area (Å²) in [6.07, 6.45) is 0. The Morgan fingerprint density at radius 3 is 1.46 bits per heavy atom. The van der Waals surface area contributed by atoms with Crippen molar-refractivity contribution in [2.45, 2.75) is 0 Å². The van der Waals surface area contributed by atoms with Gasteiger partial charge in [-0.15, -0.1) is 0 Å². The van der Waals surface area contributed by atoms with E-state index in [1.54, 1.807) is 0 Å². The fourth-order valence-corrected chi connectivity index (χ4v) is 9.53. The van der Waals surface area contributed by atoms with Crippen molar-refractivity contribution >= 4 is 71.4 Å². The number of benzene rings is 10. The van der Waals surface area contributed by atoms with Gasteiger partial charge in [0.1, 0.15) is 0 Å². The van der Waals surface area contributed by atoms with Crippen LogP contribution in [0.3, 0.4) is 0 Å². The lowest BCUT2D eigenvalue weighted by Gasteiger charge is -2.27. The van der Waals surface area contributed by atoms with Crippen molar-refractivity contribution in [1.82, 2.24) is 9.13 Å². The molecule has 0 N–H and O–H groups in total. The lowest BCUT2D eigenvalue weighted by Crippen LogP contribution is -2.10. The van der Waals surface area contributed by atoms with E-state index in [1.165, 1.54) is 71.1 Å². The van der Waals surface area contributed by atoms with Gasteiger partial charge in [0.2, 0.25) is 0 Å². The van der Waals surface area contributed by atoms with E-state index in [9.17, 15) is 0 Å². The van der Waals surface area contributed by atoms with Crippen LogP contribution in [0.1, 0.15) is 0 Å². The third kappa shape index (κ3) is 5.74. The Morgan fingerprint density at radius 1 is 0.295 bits per heavy atom. The van der Waals surface area contributed by atoms with Gasteiger partial charge in [-0.2, -0.15) is 0 Å².